The van der Waals surface area contributed by atoms with Gasteiger partial charge in [0, 0.05) is 6.42 Å². The first-order valence-corrected chi connectivity index (χ1v) is 9.04. The van der Waals surface area contributed by atoms with Crippen molar-refractivity contribution >= 4 is 5.91 Å². The lowest BCUT2D eigenvalue weighted by Gasteiger charge is -2.18. The van der Waals surface area contributed by atoms with Gasteiger partial charge in [0.1, 0.15) is 11.5 Å². The third-order valence-corrected chi connectivity index (χ3v) is 4.60. The molecule has 2 rings (SSSR count). The molecule has 2 aromatic rings. The van der Waals surface area contributed by atoms with Crippen LogP contribution in [0, 0.1) is 20.8 Å². The Morgan fingerprint density at radius 2 is 1.62 bits per heavy atom. The van der Waals surface area contributed by atoms with Crippen LogP contribution in [0.5, 0.6) is 11.5 Å². The van der Waals surface area contributed by atoms with E-state index < -0.39 is 0 Å². The van der Waals surface area contributed by atoms with E-state index in [1.54, 1.807) is 7.11 Å². The molecule has 0 saturated carbocycles. The van der Waals surface area contributed by atoms with E-state index in [4.69, 9.17) is 9.47 Å². The zero-order valence-electron chi connectivity index (χ0n) is 16.4. The number of hydrogen-bond donors (Lipinski definition) is 1. The average molecular weight is 355 g/mol. The van der Waals surface area contributed by atoms with E-state index in [1.807, 2.05) is 31.2 Å². The first-order chi connectivity index (χ1) is 12.4. The van der Waals surface area contributed by atoms with Crippen molar-refractivity contribution < 1.29 is 14.3 Å². The summed E-state index contributed by atoms with van der Waals surface area (Å²) in [5.41, 5.74) is 4.92. The van der Waals surface area contributed by atoms with Crippen molar-refractivity contribution in [2.45, 2.75) is 46.6 Å². The van der Waals surface area contributed by atoms with Gasteiger partial charge in [-0.3, -0.25) is 4.79 Å². The summed E-state index contributed by atoms with van der Waals surface area (Å²) < 4.78 is 10.8. The molecular formula is C22H29NO3. The lowest BCUT2D eigenvalue weighted by molar-refractivity contribution is -0.121. The fraction of sp³-hybridized carbons (Fsp3) is 0.409. The minimum Gasteiger partial charge on any atom is -0.497 e. The van der Waals surface area contributed by atoms with Crippen molar-refractivity contribution in [2.75, 3.05) is 13.7 Å². The summed E-state index contributed by atoms with van der Waals surface area (Å²) in [4.78, 5) is 12.2. The van der Waals surface area contributed by atoms with Crippen LogP contribution in [0.1, 0.15) is 48.1 Å². The standard InChI is InChI=1S/C22H29NO3/c1-15-13-17(3)21(14-16(15)2)18(4)23-22(24)7-6-12-26-20-10-8-19(25-5)9-11-20/h8-11,13-14,18H,6-7,12H2,1-5H3,(H,23,24)/t18-/m1/s1. The molecule has 1 atom stereocenters. The van der Waals surface area contributed by atoms with Crippen molar-refractivity contribution in [3.05, 3.63) is 58.7 Å². The largest absolute Gasteiger partial charge is 0.497 e. The van der Waals surface area contributed by atoms with Gasteiger partial charge in [-0.2, -0.15) is 0 Å². The molecule has 0 bridgehead atoms. The Morgan fingerprint density at radius 1 is 1.00 bits per heavy atom. The lowest BCUT2D eigenvalue weighted by atomic mass is 9.96. The number of ether oxygens (including phenoxy) is 2. The normalized spacial score (nSPS) is 11.7. The number of aryl methyl sites for hydroxylation is 3. The average Bonchev–Trinajstić information content (AvgIpc) is 2.62. The highest BCUT2D eigenvalue weighted by Gasteiger charge is 2.12. The van der Waals surface area contributed by atoms with Crippen molar-refractivity contribution in [2.24, 2.45) is 0 Å². The summed E-state index contributed by atoms with van der Waals surface area (Å²) in [6, 6.07) is 11.8. The number of carbonyl (C=O) groups is 1. The number of hydrogen-bond acceptors (Lipinski definition) is 3. The molecule has 0 radical (unpaired) electrons. The van der Waals surface area contributed by atoms with Gasteiger partial charge in [0.2, 0.25) is 5.91 Å². The molecule has 0 fully saturated rings. The second-order valence-electron chi connectivity index (χ2n) is 6.71. The topological polar surface area (TPSA) is 47.6 Å². The van der Waals surface area contributed by atoms with Crippen molar-refractivity contribution in [1.29, 1.82) is 0 Å². The van der Waals surface area contributed by atoms with Crippen LogP contribution in [0.25, 0.3) is 0 Å². The summed E-state index contributed by atoms with van der Waals surface area (Å²) in [5, 5.41) is 3.09. The van der Waals surface area contributed by atoms with Gasteiger partial charge in [-0.05, 0) is 80.6 Å². The first-order valence-electron chi connectivity index (χ1n) is 9.04. The number of carbonyl (C=O) groups excluding carboxylic acids is 1. The van der Waals surface area contributed by atoms with Gasteiger partial charge < -0.3 is 14.8 Å². The summed E-state index contributed by atoms with van der Waals surface area (Å²) >= 11 is 0. The van der Waals surface area contributed by atoms with Crippen LogP contribution in [0.2, 0.25) is 0 Å². The van der Waals surface area contributed by atoms with Gasteiger partial charge in [0.15, 0.2) is 0 Å². The van der Waals surface area contributed by atoms with E-state index in [0.717, 1.165) is 11.5 Å². The lowest BCUT2D eigenvalue weighted by Crippen LogP contribution is -2.27. The van der Waals surface area contributed by atoms with Crippen LogP contribution in [0.4, 0.5) is 0 Å². The molecule has 0 aliphatic heterocycles. The van der Waals surface area contributed by atoms with Crippen LogP contribution in [0.15, 0.2) is 36.4 Å². The maximum Gasteiger partial charge on any atom is 0.220 e. The van der Waals surface area contributed by atoms with Gasteiger partial charge in [0.25, 0.3) is 0 Å². The van der Waals surface area contributed by atoms with E-state index in [1.165, 1.54) is 22.3 Å². The minimum atomic E-state index is 0.00399. The van der Waals surface area contributed by atoms with Gasteiger partial charge in [0.05, 0.1) is 19.8 Å². The summed E-state index contributed by atoms with van der Waals surface area (Å²) in [6.45, 7) is 8.84. The quantitative estimate of drug-likeness (QED) is 0.701. The Labute approximate surface area is 156 Å². The predicted molar refractivity (Wildman–Crippen MR) is 105 cm³/mol. The van der Waals surface area contributed by atoms with E-state index in [0.29, 0.717) is 19.4 Å². The van der Waals surface area contributed by atoms with Gasteiger partial charge >= 0.3 is 0 Å². The molecule has 0 aliphatic rings. The van der Waals surface area contributed by atoms with Crippen molar-refractivity contribution in [1.82, 2.24) is 5.32 Å². The van der Waals surface area contributed by atoms with Crippen molar-refractivity contribution in [3.63, 3.8) is 0 Å². The first kappa shape index (κ1) is 19.8. The van der Waals surface area contributed by atoms with Crippen LogP contribution in [0.3, 0.4) is 0 Å². The maximum atomic E-state index is 12.2. The number of benzene rings is 2. The molecular weight excluding hydrogens is 326 g/mol. The van der Waals surface area contributed by atoms with Crippen molar-refractivity contribution in [3.8, 4) is 11.5 Å². The van der Waals surface area contributed by atoms with Crippen LogP contribution < -0.4 is 14.8 Å². The van der Waals surface area contributed by atoms with Crippen LogP contribution >= 0.6 is 0 Å². The fourth-order valence-corrected chi connectivity index (χ4v) is 2.94. The number of nitrogens with one attached hydrogen (secondary N) is 1. The minimum absolute atomic E-state index is 0.00399. The number of methoxy groups -OCH3 is 1. The molecule has 140 valence electrons. The molecule has 2 aromatic carbocycles. The van der Waals surface area contributed by atoms with Crippen LogP contribution in [-0.2, 0) is 4.79 Å². The Hall–Kier alpha value is -2.49. The Bertz CT molecular complexity index is 738. The molecule has 0 spiro atoms. The third kappa shape index (κ3) is 5.51. The van der Waals surface area contributed by atoms with Gasteiger partial charge in [-0.25, -0.2) is 0 Å². The molecule has 4 heteroatoms. The van der Waals surface area contributed by atoms with E-state index >= 15 is 0 Å². The second kappa shape index (κ2) is 9.27. The molecule has 4 nitrogen and oxygen atoms in total. The molecule has 0 aromatic heterocycles. The second-order valence-corrected chi connectivity index (χ2v) is 6.71. The summed E-state index contributed by atoms with van der Waals surface area (Å²) in [6.07, 6.45) is 1.13. The van der Waals surface area contributed by atoms with Gasteiger partial charge in [-0.1, -0.05) is 12.1 Å². The van der Waals surface area contributed by atoms with Gasteiger partial charge in [-0.15, -0.1) is 0 Å². The maximum absolute atomic E-state index is 12.2. The molecule has 1 amide bonds. The predicted octanol–water partition coefficient (Wildman–Crippen LogP) is 4.66. The number of amides is 1. The van der Waals surface area contributed by atoms with E-state index in [-0.39, 0.29) is 11.9 Å². The van der Waals surface area contributed by atoms with Crippen LogP contribution in [-0.4, -0.2) is 19.6 Å². The Kier molecular flexibility index (Phi) is 7.07. The Morgan fingerprint density at radius 3 is 2.27 bits per heavy atom. The van der Waals surface area contributed by atoms with E-state index in [2.05, 4.69) is 38.2 Å². The molecule has 26 heavy (non-hydrogen) atoms. The summed E-state index contributed by atoms with van der Waals surface area (Å²) in [5.74, 6) is 1.63. The zero-order valence-corrected chi connectivity index (χ0v) is 16.4. The number of rotatable bonds is 8. The molecule has 0 aliphatic carbocycles. The molecule has 0 heterocycles. The smallest absolute Gasteiger partial charge is 0.220 e. The third-order valence-electron chi connectivity index (χ3n) is 4.60. The highest BCUT2D eigenvalue weighted by atomic mass is 16.5. The molecule has 0 unspecified atom stereocenters. The highest BCUT2D eigenvalue weighted by Crippen LogP contribution is 2.22. The van der Waals surface area contributed by atoms with E-state index in [9.17, 15) is 4.79 Å². The fourth-order valence-electron chi connectivity index (χ4n) is 2.94. The Balaban J connectivity index is 1.76. The molecule has 0 saturated heterocycles. The highest BCUT2D eigenvalue weighted by molar-refractivity contribution is 5.76. The molecule has 1 N–H and O–H groups in total. The zero-order chi connectivity index (χ0) is 19.1. The SMILES string of the molecule is COc1ccc(OCCCC(=O)N[C@H](C)c2cc(C)c(C)cc2C)cc1. The summed E-state index contributed by atoms with van der Waals surface area (Å²) in [7, 11) is 1.63. The monoisotopic (exact) mass is 355 g/mol.